The molecule has 0 spiro atoms. The maximum Gasteiger partial charge on any atom is 0.228 e. The molecule has 2 aliphatic heterocycles. The Morgan fingerprint density at radius 3 is 2.67 bits per heavy atom. The van der Waals surface area contributed by atoms with Gasteiger partial charge in [-0.2, -0.15) is 15.0 Å². The van der Waals surface area contributed by atoms with Crippen molar-refractivity contribution in [2.24, 2.45) is 0 Å². The summed E-state index contributed by atoms with van der Waals surface area (Å²) in [4.78, 5) is 18.3. The van der Waals surface area contributed by atoms with Gasteiger partial charge in [0.1, 0.15) is 0 Å². The lowest BCUT2D eigenvalue weighted by Crippen LogP contribution is -2.63. The van der Waals surface area contributed by atoms with Crippen LogP contribution < -0.4 is 0 Å². The molecule has 2 fully saturated rings. The Labute approximate surface area is 140 Å². The van der Waals surface area contributed by atoms with Crippen molar-refractivity contribution in [1.29, 1.82) is 0 Å². The minimum atomic E-state index is 0.125. The first-order chi connectivity index (χ1) is 11.8. The summed E-state index contributed by atoms with van der Waals surface area (Å²) in [5.41, 5.74) is 1.60. The first-order valence-corrected chi connectivity index (χ1v) is 8.36. The molecule has 7 heteroatoms. The Morgan fingerprint density at radius 1 is 1.17 bits per heavy atom. The number of likely N-dealkylation sites (tertiary alicyclic amines) is 1. The lowest BCUT2D eigenvalue weighted by Gasteiger charge is -2.46. The van der Waals surface area contributed by atoms with Crippen molar-refractivity contribution < 1.29 is 9.53 Å². The molecule has 2 aromatic rings. The van der Waals surface area contributed by atoms with Gasteiger partial charge in [-0.25, -0.2) is 0 Å². The van der Waals surface area contributed by atoms with Crippen molar-refractivity contribution in [3.63, 3.8) is 0 Å². The molecule has 3 heterocycles. The second-order valence-electron chi connectivity index (χ2n) is 6.24. The summed E-state index contributed by atoms with van der Waals surface area (Å²) in [5.74, 6) is 0.125. The van der Waals surface area contributed by atoms with Crippen LogP contribution in [0.3, 0.4) is 0 Å². The first kappa shape index (κ1) is 15.3. The first-order valence-electron chi connectivity index (χ1n) is 8.36. The average molecular weight is 327 g/mol. The predicted molar refractivity (Wildman–Crippen MR) is 87.8 cm³/mol. The molecule has 0 atom stereocenters. The lowest BCUT2D eigenvalue weighted by molar-refractivity contribution is -0.139. The van der Waals surface area contributed by atoms with Gasteiger partial charge < -0.3 is 9.64 Å². The fourth-order valence-electron chi connectivity index (χ4n) is 3.16. The normalized spacial score (nSPS) is 19.2. The maximum absolute atomic E-state index is 12.4. The summed E-state index contributed by atoms with van der Waals surface area (Å²) >= 11 is 0. The van der Waals surface area contributed by atoms with Crippen LogP contribution in [-0.4, -0.2) is 76.1 Å². The zero-order valence-electron chi connectivity index (χ0n) is 13.5. The number of ether oxygens (including phenoxy) is 1. The molecule has 24 heavy (non-hydrogen) atoms. The number of benzene rings is 1. The Balaban J connectivity index is 1.30. The van der Waals surface area contributed by atoms with Crippen molar-refractivity contribution in [3.8, 4) is 5.69 Å². The minimum absolute atomic E-state index is 0.125. The molecule has 1 amide bonds. The van der Waals surface area contributed by atoms with Gasteiger partial charge in [0, 0.05) is 32.2 Å². The van der Waals surface area contributed by atoms with Gasteiger partial charge in [0.2, 0.25) is 5.91 Å². The van der Waals surface area contributed by atoms with Crippen molar-refractivity contribution in [3.05, 3.63) is 42.2 Å². The van der Waals surface area contributed by atoms with E-state index in [-0.39, 0.29) is 5.91 Å². The van der Waals surface area contributed by atoms with E-state index >= 15 is 0 Å². The molecule has 7 nitrogen and oxygen atoms in total. The molecular weight excluding hydrogens is 306 g/mol. The molecular formula is C17H21N5O2. The highest BCUT2D eigenvalue weighted by atomic mass is 16.5. The zero-order chi connectivity index (χ0) is 16.4. The van der Waals surface area contributed by atoms with Gasteiger partial charge in [0.25, 0.3) is 0 Å². The van der Waals surface area contributed by atoms with Crippen LogP contribution in [0.5, 0.6) is 0 Å². The largest absolute Gasteiger partial charge is 0.379 e. The molecule has 126 valence electrons. The number of aromatic nitrogens is 3. The van der Waals surface area contributed by atoms with E-state index in [9.17, 15) is 4.79 Å². The number of para-hydroxylation sites is 1. The van der Waals surface area contributed by atoms with Crippen LogP contribution in [0.2, 0.25) is 0 Å². The van der Waals surface area contributed by atoms with Gasteiger partial charge >= 0.3 is 0 Å². The van der Waals surface area contributed by atoms with E-state index in [0.717, 1.165) is 45.1 Å². The maximum atomic E-state index is 12.4. The van der Waals surface area contributed by atoms with Crippen LogP contribution in [0, 0.1) is 0 Å². The molecule has 0 aliphatic carbocycles. The molecule has 0 bridgehead atoms. The SMILES string of the molecule is O=C(Cc1cnn(-c2ccccc2)n1)N1CC(N2CCOCC2)C1. The van der Waals surface area contributed by atoms with Gasteiger partial charge in [-0.15, -0.1) is 0 Å². The molecule has 0 N–H and O–H groups in total. The Hall–Kier alpha value is -2.25. The minimum Gasteiger partial charge on any atom is -0.379 e. The third-order valence-electron chi connectivity index (χ3n) is 4.64. The van der Waals surface area contributed by atoms with Crippen LogP contribution in [0.4, 0.5) is 0 Å². The standard InChI is InChI=1S/C17H21N5O2/c23-17(21-12-16(13-21)20-6-8-24-9-7-20)10-14-11-18-22(19-14)15-4-2-1-3-5-15/h1-5,11,16H,6-10,12-13H2. The molecule has 2 aliphatic rings. The van der Waals surface area contributed by atoms with Crippen molar-refractivity contribution in [1.82, 2.24) is 24.8 Å². The van der Waals surface area contributed by atoms with Gasteiger partial charge in [0.15, 0.2) is 0 Å². The predicted octanol–water partition coefficient (Wildman–Crippen LogP) is 0.353. The Morgan fingerprint density at radius 2 is 1.92 bits per heavy atom. The van der Waals surface area contributed by atoms with Gasteiger partial charge in [-0.05, 0) is 12.1 Å². The molecule has 1 aromatic heterocycles. The van der Waals surface area contributed by atoms with Crippen molar-refractivity contribution in [2.75, 3.05) is 39.4 Å². The number of nitrogens with zero attached hydrogens (tertiary/aromatic N) is 5. The number of morpholine rings is 1. The van der Waals surface area contributed by atoms with E-state index in [1.54, 1.807) is 11.0 Å². The molecule has 0 unspecified atom stereocenters. The number of rotatable bonds is 4. The average Bonchev–Trinajstić information content (AvgIpc) is 3.04. The number of hydrogen-bond donors (Lipinski definition) is 0. The van der Waals surface area contributed by atoms with Gasteiger partial charge in [0.05, 0.1) is 37.2 Å². The van der Waals surface area contributed by atoms with E-state index in [2.05, 4.69) is 15.1 Å². The second kappa shape index (κ2) is 6.70. The topological polar surface area (TPSA) is 63.5 Å². The molecule has 4 rings (SSSR count). The van der Waals surface area contributed by atoms with Crippen LogP contribution in [0.15, 0.2) is 36.5 Å². The van der Waals surface area contributed by atoms with Crippen LogP contribution in [0.1, 0.15) is 5.69 Å². The van der Waals surface area contributed by atoms with Gasteiger partial charge in [-0.3, -0.25) is 9.69 Å². The molecule has 1 aromatic carbocycles. The van der Waals surface area contributed by atoms with Crippen LogP contribution >= 0.6 is 0 Å². The Bertz CT molecular complexity index is 690. The molecule has 2 saturated heterocycles. The molecule has 0 radical (unpaired) electrons. The third-order valence-corrected chi connectivity index (χ3v) is 4.64. The summed E-state index contributed by atoms with van der Waals surface area (Å²) in [7, 11) is 0. The van der Waals surface area contributed by atoms with Crippen molar-refractivity contribution >= 4 is 5.91 Å². The van der Waals surface area contributed by atoms with Crippen LogP contribution in [-0.2, 0) is 16.0 Å². The van der Waals surface area contributed by atoms with Crippen molar-refractivity contribution in [2.45, 2.75) is 12.5 Å². The summed E-state index contributed by atoms with van der Waals surface area (Å²) in [6, 6.07) is 10.2. The monoisotopic (exact) mass is 327 g/mol. The van der Waals surface area contributed by atoms with Gasteiger partial charge in [-0.1, -0.05) is 18.2 Å². The second-order valence-corrected chi connectivity index (χ2v) is 6.24. The number of carbonyl (C=O) groups is 1. The third kappa shape index (κ3) is 3.18. The van der Waals surface area contributed by atoms with E-state index in [1.165, 1.54) is 0 Å². The number of carbonyl (C=O) groups excluding carboxylic acids is 1. The van der Waals surface area contributed by atoms with E-state index in [4.69, 9.17) is 4.74 Å². The summed E-state index contributed by atoms with van der Waals surface area (Å²) < 4.78 is 5.37. The summed E-state index contributed by atoms with van der Waals surface area (Å²) in [6.45, 7) is 5.16. The smallest absolute Gasteiger partial charge is 0.228 e. The highest BCUT2D eigenvalue weighted by Crippen LogP contribution is 2.17. The van der Waals surface area contributed by atoms with Crippen LogP contribution in [0.25, 0.3) is 5.69 Å². The number of hydrogen-bond acceptors (Lipinski definition) is 5. The number of amides is 1. The van der Waals surface area contributed by atoms with E-state index in [0.29, 0.717) is 18.2 Å². The zero-order valence-corrected chi connectivity index (χ0v) is 13.5. The quantitative estimate of drug-likeness (QED) is 0.811. The fourth-order valence-corrected chi connectivity index (χ4v) is 3.16. The fraction of sp³-hybridized carbons (Fsp3) is 0.471. The Kier molecular flexibility index (Phi) is 4.27. The van der Waals surface area contributed by atoms with E-state index < -0.39 is 0 Å². The van der Waals surface area contributed by atoms with E-state index in [1.807, 2.05) is 35.2 Å². The summed E-state index contributed by atoms with van der Waals surface area (Å²) in [5, 5.41) is 8.65. The highest BCUT2D eigenvalue weighted by molar-refractivity contribution is 5.79. The molecule has 0 saturated carbocycles. The lowest BCUT2D eigenvalue weighted by atomic mass is 10.1. The summed E-state index contributed by atoms with van der Waals surface area (Å²) in [6.07, 6.45) is 1.98. The highest BCUT2D eigenvalue weighted by Gasteiger charge is 2.35.